The fraction of sp³-hybridized carbons (Fsp3) is 0.500. The molecule has 4 heteroatoms. The number of aliphatic hydroxyl groups is 1. The number of carbonyl (C=O) groups is 1. The van der Waals surface area contributed by atoms with Crippen LogP contribution in [0, 0.1) is 0 Å². The van der Waals surface area contributed by atoms with Crippen molar-refractivity contribution in [2.75, 3.05) is 20.2 Å². The number of alkyl halides is 1. The third-order valence-electron chi connectivity index (χ3n) is 2.84. The van der Waals surface area contributed by atoms with Crippen LogP contribution in [0.15, 0.2) is 30.3 Å². The van der Waals surface area contributed by atoms with Crippen LogP contribution in [0.2, 0.25) is 0 Å². The quantitative estimate of drug-likeness (QED) is 0.611. The van der Waals surface area contributed by atoms with E-state index in [-0.39, 0.29) is 12.5 Å². The van der Waals surface area contributed by atoms with Crippen molar-refractivity contribution >= 4 is 17.5 Å². The summed E-state index contributed by atoms with van der Waals surface area (Å²) in [4.78, 5) is 13.7. The first-order valence-corrected chi connectivity index (χ1v) is 6.65. The lowest BCUT2D eigenvalue weighted by molar-refractivity contribution is -0.129. The molecule has 1 N–H and O–H groups in total. The van der Waals surface area contributed by atoms with Crippen molar-refractivity contribution in [1.29, 1.82) is 0 Å². The summed E-state index contributed by atoms with van der Waals surface area (Å²) in [5.74, 6) is -0.0770. The Morgan fingerprint density at radius 1 is 1.28 bits per heavy atom. The van der Waals surface area contributed by atoms with Gasteiger partial charge in [0.05, 0.1) is 0 Å². The highest BCUT2D eigenvalue weighted by Crippen LogP contribution is 2.22. The molecule has 0 spiro atoms. The van der Waals surface area contributed by atoms with Gasteiger partial charge in [-0.1, -0.05) is 30.3 Å². The predicted molar refractivity (Wildman–Crippen MR) is 73.6 cm³/mol. The van der Waals surface area contributed by atoms with Crippen LogP contribution in [0.3, 0.4) is 0 Å². The average molecular weight is 270 g/mol. The predicted octanol–water partition coefficient (Wildman–Crippen LogP) is 2.59. The average Bonchev–Trinajstić information content (AvgIpc) is 2.42. The lowest BCUT2D eigenvalue weighted by Crippen LogP contribution is -2.30. The molecule has 0 aliphatic heterocycles. The minimum atomic E-state index is -0.617. The minimum Gasteiger partial charge on any atom is -0.396 e. The molecule has 1 rings (SSSR count). The maximum atomic E-state index is 12.1. The van der Waals surface area contributed by atoms with Gasteiger partial charge in [-0.3, -0.25) is 4.79 Å². The Bertz CT molecular complexity index is 356. The van der Waals surface area contributed by atoms with Crippen molar-refractivity contribution in [3.05, 3.63) is 35.9 Å². The van der Waals surface area contributed by atoms with E-state index in [1.807, 2.05) is 30.3 Å². The summed E-state index contributed by atoms with van der Waals surface area (Å²) in [5.41, 5.74) is 0.825. The maximum absolute atomic E-state index is 12.1. The molecule has 1 unspecified atom stereocenters. The molecule has 0 aliphatic rings. The van der Waals surface area contributed by atoms with Crippen molar-refractivity contribution in [1.82, 2.24) is 4.90 Å². The van der Waals surface area contributed by atoms with Crippen molar-refractivity contribution in [3.8, 4) is 0 Å². The summed E-state index contributed by atoms with van der Waals surface area (Å²) in [6, 6.07) is 9.36. The Hall–Kier alpha value is -1.06. The van der Waals surface area contributed by atoms with Gasteiger partial charge in [-0.2, -0.15) is 0 Å². The second-order valence-electron chi connectivity index (χ2n) is 4.32. The van der Waals surface area contributed by atoms with E-state index in [1.165, 1.54) is 0 Å². The molecule has 0 fully saturated rings. The zero-order valence-corrected chi connectivity index (χ0v) is 11.4. The number of amides is 1. The highest BCUT2D eigenvalue weighted by atomic mass is 35.5. The number of carbonyl (C=O) groups excluding carboxylic acids is 1. The van der Waals surface area contributed by atoms with Crippen LogP contribution in [0.5, 0.6) is 0 Å². The molecule has 0 saturated heterocycles. The van der Waals surface area contributed by atoms with E-state index in [0.29, 0.717) is 6.54 Å². The number of rotatable bonds is 7. The Morgan fingerprint density at radius 2 is 1.94 bits per heavy atom. The second-order valence-corrected chi connectivity index (χ2v) is 4.75. The van der Waals surface area contributed by atoms with Gasteiger partial charge in [0.25, 0.3) is 0 Å². The first-order valence-electron chi connectivity index (χ1n) is 6.21. The fourth-order valence-corrected chi connectivity index (χ4v) is 2.02. The van der Waals surface area contributed by atoms with Gasteiger partial charge in [0, 0.05) is 20.2 Å². The summed E-state index contributed by atoms with van der Waals surface area (Å²) < 4.78 is 0. The Balaban J connectivity index is 2.43. The molecule has 0 aromatic heterocycles. The molecular formula is C14H20ClNO2. The van der Waals surface area contributed by atoms with Gasteiger partial charge in [-0.05, 0) is 24.8 Å². The zero-order valence-electron chi connectivity index (χ0n) is 10.7. The number of hydrogen-bond acceptors (Lipinski definition) is 2. The molecule has 18 heavy (non-hydrogen) atoms. The monoisotopic (exact) mass is 269 g/mol. The lowest BCUT2D eigenvalue weighted by atomic mass is 10.1. The van der Waals surface area contributed by atoms with Crippen LogP contribution in [-0.2, 0) is 4.79 Å². The molecule has 3 nitrogen and oxygen atoms in total. The Labute approximate surface area is 113 Å². The molecule has 0 saturated carbocycles. The highest BCUT2D eigenvalue weighted by Gasteiger charge is 2.20. The summed E-state index contributed by atoms with van der Waals surface area (Å²) in [5, 5.41) is 8.06. The number of unbranched alkanes of at least 4 members (excludes halogenated alkanes) is 2. The fourth-order valence-electron chi connectivity index (χ4n) is 1.71. The Morgan fingerprint density at radius 3 is 2.56 bits per heavy atom. The SMILES string of the molecule is CN(CCCCCO)C(=O)C(Cl)c1ccccc1. The molecule has 100 valence electrons. The number of hydrogen-bond donors (Lipinski definition) is 1. The number of nitrogens with zero attached hydrogens (tertiary/aromatic N) is 1. The van der Waals surface area contributed by atoms with Crippen LogP contribution in [0.1, 0.15) is 30.2 Å². The van der Waals surface area contributed by atoms with Crippen molar-refractivity contribution < 1.29 is 9.90 Å². The van der Waals surface area contributed by atoms with Crippen LogP contribution in [0.25, 0.3) is 0 Å². The third-order valence-corrected chi connectivity index (χ3v) is 3.28. The molecular weight excluding hydrogens is 250 g/mol. The molecule has 0 aliphatic carbocycles. The van der Waals surface area contributed by atoms with Crippen LogP contribution in [0.4, 0.5) is 0 Å². The lowest BCUT2D eigenvalue weighted by Gasteiger charge is -2.20. The van der Waals surface area contributed by atoms with Crippen molar-refractivity contribution in [2.24, 2.45) is 0 Å². The van der Waals surface area contributed by atoms with Crippen LogP contribution < -0.4 is 0 Å². The molecule has 0 radical (unpaired) electrons. The highest BCUT2D eigenvalue weighted by molar-refractivity contribution is 6.30. The number of aliphatic hydroxyl groups excluding tert-OH is 1. The van der Waals surface area contributed by atoms with Crippen LogP contribution >= 0.6 is 11.6 Å². The minimum absolute atomic E-state index is 0.0770. The van der Waals surface area contributed by atoms with Crippen molar-refractivity contribution in [3.63, 3.8) is 0 Å². The van der Waals surface area contributed by atoms with Gasteiger partial charge >= 0.3 is 0 Å². The summed E-state index contributed by atoms with van der Waals surface area (Å²) in [7, 11) is 1.76. The smallest absolute Gasteiger partial charge is 0.244 e. The van der Waals surface area contributed by atoms with E-state index in [0.717, 1.165) is 24.8 Å². The van der Waals surface area contributed by atoms with E-state index in [9.17, 15) is 4.79 Å². The molecule has 0 heterocycles. The molecule has 1 aromatic rings. The largest absolute Gasteiger partial charge is 0.396 e. The van der Waals surface area contributed by atoms with Gasteiger partial charge in [-0.25, -0.2) is 0 Å². The van der Waals surface area contributed by atoms with Gasteiger partial charge in [-0.15, -0.1) is 11.6 Å². The summed E-state index contributed by atoms with van der Waals surface area (Å²) in [6.07, 6.45) is 2.60. The number of likely N-dealkylation sites (N-methyl/N-ethyl adjacent to an activating group) is 1. The summed E-state index contributed by atoms with van der Waals surface area (Å²) >= 11 is 6.16. The van der Waals surface area contributed by atoms with E-state index in [2.05, 4.69) is 0 Å². The van der Waals surface area contributed by atoms with Gasteiger partial charge in [0.1, 0.15) is 5.38 Å². The molecule has 1 atom stereocenters. The molecule has 0 bridgehead atoms. The zero-order chi connectivity index (χ0) is 13.4. The van der Waals surface area contributed by atoms with E-state index in [4.69, 9.17) is 16.7 Å². The maximum Gasteiger partial charge on any atom is 0.244 e. The standard InChI is InChI=1S/C14H20ClNO2/c1-16(10-6-3-7-11-17)14(18)13(15)12-8-4-2-5-9-12/h2,4-5,8-9,13,17H,3,6-7,10-11H2,1H3. The van der Waals surface area contributed by atoms with E-state index < -0.39 is 5.38 Å². The third kappa shape index (κ3) is 4.67. The van der Waals surface area contributed by atoms with Crippen molar-refractivity contribution in [2.45, 2.75) is 24.6 Å². The topological polar surface area (TPSA) is 40.5 Å². The normalized spacial score (nSPS) is 12.2. The van der Waals surface area contributed by atoms with Gasteiger partial charge < -0.3 is 10.0 Å². The van der Waals surface area contributed by atoms with Gasteiger partial charge in [0.15, 0.2) is 0 Å². The van der Waals surface area contributed by atoms with Crippen LogP contribution in [-0.4, -0.2) is 36.1 Å². The first kappa shape index (κ1) is 15.0. The van der Waals surface area contributed by atoms with E-state index in [1.54, 1.807) is 11.9 Å². The number of halogens is 1. The first-order chi connectivity index (χ1) is 8.66. The molecule has 1 aromatic carbocycles. The summed E-state index contributed by atoms with van der Waals surface area (Å²) in [6.45, 7) is 0.884. The Kier molecular flexibility index (Phi) is 6.76. The molecule has 1 amide bonds. The van der Waals surface area contributed by atoms with Gasteiger partial charge in [0.2, 0.25) is 5.91 Å². The van der Waals surface area contributed by atoms with E-state index >= 15 is 0 Å². The second kappa shape index (κ2) is 8.11. The number of benzene rings is 1.